The van der Waals surface area contributed by atoms with Crippen LogP contribution in [-0.4, -0.2) is 18.2 Å². The average Bonchev–Trinajstić information content (AvgIpc) is 3.09. The van der Waals surface area contributed by atoms with Gasteiger partial charge < -0.3 is 14.0 Å². The van der Waals surface area contributed by atoms with Gasteiger partial charge in [-0.15, -0.1) is 0 Å². The summed E-state index contributed by atoms with van der Waals surface area (Å²) < 4.78 is 15.5. The number of hydrogen-bond donors (Lipinski definition) is 0. The molecule has 0 aliphatic heterocycles. The van der Waals surface area contributed by atoms with Gasteiger partial charge in [0.2, 0.25) is 0 Å². The quantitative estimate of drug-likeness (QED) is 0.672. The largest absolute Gasteiger partial charge is 0.486 e. The number of hydrogen-bond acceptors (Lipinski definition) is 5. The van der Waals surface area contributed by atoms with Gasteiger partial charge >= 0.3 is 5.97 Å². The zero-order valence-corrected chi connectivity index (χ0v) is 12.6. The summed E-state index contributed by atoms with van der Waals surface area (Å²) in [6, 6.07) is 18.3. The number of benzene rings is 2. The van der Waals surface area contributed by atoms with E-state index >= 15 is 0 Å². The topological polar surface area (TPSA) is 61.6 Å². The standard InChI is InChI=1S/C18H15NO4/c1-21-18(20)14-7-9-15(10-8-14)22-12-16-11-17(19-23-16)13-5-3-2-4-6-13/h2-11H,12H2,1H3. The Hall–Kier alpha value is -3.08. The van der Waals surface area contributed by atoms with Crippen LogP contribution in [0.25, 0.3) is 11.3 Å². The Morgan fingerprint density at radius 1 is 1.09 bits per heavy atom. The van der Waals surface area contributed by atoms with E-state index in [9.17, 15) is 4.79 Å². The number of rotatable bonds is 5. The van der Waals surface area contributed by atoms with E-state index in [1.54, 1.807) is 24.3 Å². The summed E-state index contributed by atoms with van der Waals surface area (Å²) in [5, 5.41) is 4.03. The summed E-state index contributed by atoms with van der Waals surface area (Å²) in [5.74, 6) is 0.885. The van der Waals surface area contributed by atoms with E-state index < -0.39 is 0 Å². The van der Waals surface area contributed by atoms with Gasteiger partial charge in [-0.25, -0.2) is 4.79 Å². The molecule has 23 heavy (non-hydrogen) atoms. The molecule has 0 aliphatic carbocycles. The third-order valence-electron chi connectivity index (χ3n) is 3.29. The summed E-state index contributed by atoms with van der Waals surface area (Å²) in [6.07, 6.45) is 0. The fourth-order valence-electron chi connectivity index (χ4n) is 2.09. The second-order valence-electron chi connectivity index (χ2n) is 4.85. The first-order valence-electron chi connectivity index (χ1n) is 7.08. The van der Waals surface area contributed by atoms with Crippen molar-refractivity contribution in [3.63, 3.8) is 0 Å². The molecule has 0 aliphatic rings. The first-order valence-corrected chi connectivity index (χ1v) is 7.08. The zero-order chi connectivity index (χ0) is 16.1. The van der Waals surface area contributed by atoms with Crippen LogP contribution in [0, 0.1) is 0 Å². The smallest absolute Gasteiger partial charge is 0.337 e. The Balaban J connectivity index is 1.63. The third kappa shape index (κ3) is 3.58. The van der Waals surface area contributed by atoms with Crippen LogP contribution in [0.5, 0.6) is 5.75 Å². The third-order valence-corrected chi connectivity index (χ3v) is 3.29. The van der Waals surface area contributed by atoms with E-state index in [-0.39, 0.29) is 12.6 Å². The van der Waals surface area contributed by atoms with Gasteiger partial charge in [0.1, 0.15) is 18.1 Å². The molecule has 3 aromatic rings. The SMILES string of the molecule is COC(=O)c1ccc(OCc2cc(-c3ccccc3)no2)cc1. The highest BCUT2D eigenvalue weighted by Gasteiger charge is 2.08. The van der Waals surface area contributed by atoms with Gasteiger partial charge in [0.25, 0.3) is 0 Å². The molecule has 0 bridgehead atoms. The minimum atomic E-state index is -0.376. The first kappa shape index (κ1) is 14.8. The van der Waals surface area contributed by atoms with Crippen LogP contribution in [0.1, 0.15) is 16.1 Å². The zero-order valence-electron chi connectivity index (χ0n) is 12.6. The van der Waals surface area contributed by atoms with Crippen LogP contribution >= 0.6 is 0 Å². The van der Waals surface area contributed by atoms with Gasteiger partial charge in [0.05, 0.1) is 12.7 Å². The van der Waals surface area contributed by atoms with Crippen molar-refractivity contribution >= 4 is 5.97 Å². The van der Waals surface area contributed by atoms with Gasteiger partial charge in [-0.1, -0.05) is 35.5 Å². The van der Waals surface area contributed by atoms with E-state index in [0.29, 0.717) is 17.1 Å². The first-order chi connectivity index (χ1) is 11.3. The predicted octanol–water partition coefficient (Wildman–Crippen LogP) is 3.71. The highest BCUT2D eigenvalue weighted by atomic mass is 16.5. The van der Waals surface area contributed by atoms with Gasteiger partial charge in [0, 0.05) is 11.6 Å². The lowest BCUT2D eigenvalue weighted by atomic mass is 10.1. The summed E-state index contributed by atoms with van der Waals surface area (Å²) in [4.78, 5) is 11.4. The molecule has 5 heteroatoms. The van der Waals surface area contributed by atoms with Crippen LogP contribution in [0.3, 0.4) is 0 Å². The number of carbonyl (C=O) groups is 1. The minimum Gasteiger partial charge on any atom is -0.486 e. The molecule has 0 spiro atoms. The van der Waals surface area contributed by atoms with Crippen molar-refractivity contribution in [2.75, 3.05) is 7.11 Å². The summed E-state index contributed by atoms with van der Waals surface area (Å²) in [5.41, 5.74) is 2.24. The van der Waals surface area contributed by atoms with Crippen molar-refractivity contribution < 1.29 is 18.8 Å². The molecule has 0 radical (unpaired) electrons. The molecule has 2 aromatic carbocycles. The number of ether oxygens (including phenoxy) is 2. The maximum atomic E-state index is 11.4. The van der Waals surface area contributed by atoms with Crippen molar-refractivity contribution in [2.45, 2.75) is 6.61 Å². The van der Waals surface area contributed by atoms with Gasteiger partial charge in [-0.3, -0.25) is 0 Å². The molecule has 0 N–H and O–H groups in total. The van der Waals surface area contributed by atoms with Crippen molar-refractivity contribution in [3.8, 4) is 17.0 Å². The molecular formula is C18H15NO4. The van der Waals surface area contributed by atoms with Crippen LogP contribution in [-0.2, 0) is 11.3 Å². The molecule has 1 aromatic heterocycles. The average molecular weight is 309 g/mol. The van der Waals surface area contributed by atoms with E-state index in [0.717, 1.165) is 11.3 Å². The number of aromatic nitrogens is 1. The van der Waals surface area contributed by atoms with Crippen molar-refractivity contribution in [1.82, 2.24) is 5.16 Å². The Labute approximate surface area is 133 Å². The minimum absolute atomic E-state index is 0.261. The van der Waals surface area contributed by atoms with Crippen molar-refractivity contribution in [3.05, 3.63) is 72.0 Å². The molecule has 0 saturated carbocycles. The second-order valence-corrected chi connectivity index (χ2v) is 4.85. The molecule has 0 amide bonds. The highest BCUT2D eigenvalue weighted by Crippen LogP contribution is 2.20. The second kappa shape index (κ2) is 6.79. The number of methoxy groups -OCH3 is 1. The molecule has 5 nitrogen and oxygen atoms in total. The van der Waals surface area contributed by atoms with E-state index in [2.05, 4.69) is 9.89 Å². The molecule has 0 fully saturated rings. The lowest BCUT2D eigenvalue weighted by Gasteiger charge is -2.04. The predicted molar refractivity (Wildman–Crippen MR) is 84.1 cm³/mol. The van der Waals surface area contributed by atoms with Crippen LogP contribution in [0.4, 0.5) is 0 Å². The van der Waals surface area contributed by atoms with E-state index in [1.165, 1.54) is 7.11 Å². The van der Waals surface area contributed by atoms with Gasteiger partial charge in [0.15, 0.2) is 5.76 Å². The van der Waals surface area contributed by atoms with Gasteiger partial charge in [-0.2, -0.15) is 0 Å². The fraction of sp³-hybridized carbons (Fsp3) is 0.111. The van der Waals surface area contributed by atoms with Crippen molar-refractivity contribution in [2.24, 2.45) is 0 Å². The molecule has 3 rings (SSSR count). The monoisotopic (exact) mass is 309 g/mol. The Bertz CT molecular complexity index is 778. The van der Waals surface area contributed by atoms with Crippen LogP contribution < -0.4 is 4.74 Å². The molecule has 116 valence electrons. The number of nitrogens with zero attached hydrogens (tertiary/aromatic N) is 1. The van der Waals surface area contributed by atoms with E-state index in [4.69, 9.17) is 9.26 Å². The van der Waals surface area contributed by atoms with Crippen LogP contribution in [0.2, 0.25) is 0 Å². The van der Waals surface area contributed by atoms with E-state index in [1.807, 2.05) is 36.4 Å². The van der Waals surface area contributed by atoms with Crippen molar-refractivity contribution in [1.29, 1.82) is 0 Å². The maximum absolute atomic E-state index is 11.4. The molecule has 0 saturated heterocycles. The lowest BCUT2D eigenvalue weighted by Crippen LogP contribution is -2.01. The van der Waals surface area contributed by atoms with Gasteiger partial charge in [-0.05, 0) is 24.3 Å². The number of esters is 1. The Kier molecular flexibility index (Phi) is 4.38. The summed E-state index contributed by atoms with van der Waals surface area (Å²) >= 11 is 0. The Morgan fingerprint density at radius 3 is 2.52 bits per heavy atom. The highest BCUT2D eigenvalue weighted by molar-refractivity contribution is 5.89. The van der Waals surface area contributed by atoms with Crippen LogP contribution in [0.15, 0.2) is 65.2 Å². The fourth-order valence-corrected chi connectivity index (χ4v) is 2.09. The molecule has 1 heterocycles. The molecule has 0 atom stereocenters. The number of carbonyl (C=O) groups excluding carboxylic acids is 1. The maximum Gasteiger partial charge on any atom is 0.337 e. The molecular weight excluding hydrogens is 294 g/mol. The normalized spacial score (nSPS) is 10.3. The molecule has 0 unspecified atom stereocenters. The Morgan fingerprint density at radius 2 is 1.83 bits per heavy atom. The summed E-state index contributed by atoms with van der Waals surface area (Å²) in [7, 11) is 1.35. The lowest BCUT2D eigenvalue weighted by molar-refractivity contribution is 0.0600. The summed E-state index contributed by atoms with van der Waals surface area (Å²) in [6.45, 7) is 0.261.